The van der Waals surface area contributed by atoms with E-state index in [1.54, 1.807) is 0 Å². The number of hydrogen-bond acceptors (Lipinski definition) is 5. The van der Waals surface area contributed by atoms with Crippen molar-refractivity contribution in [2.45, 2.75) is 18.9 Å². The highest BCUT2D eigenvalue weighted by Crippen LogP contribution is 2.18. The van der Waals surface area contributed by atoms with E-state index in [1.807, 2.05) is 13.8 Å². The summed E-state index contributed by atoms with van der Waals surface area (Å²) in [6, 6.07) is 2.41. The Balaban J connectivity index is 3.06. The fourth-order valence-corrected chi connectivity index (χ4v) is 2.53. The van der Waals surface area contributed by atoms with Crippen LogP contribution in [0.1, 0.15) is 24.4 Å². The van der Waals surface area contributed by atoms with Crippen molar-refractivity contribution in [1.29, 1.82) is 0 Å². The fraction of sp³-hybridized carbons (Fsp3) is 0.538. The minimum absolute atomic E-state index is 0.0586. The van der Waals surface area contributed by atoms with E-state index < -0.39 is 28.4 Å². The first-order valence-corrected chi connectivity index (χ1v) is 8.03. The molecule has 0 saturated heterocycles. The standard InChI is InChI=1S/C13H20N2O6S/c1-9(2)7-15(8-11(16)17)13(18)10-5-6-12(21-10)22(19,20)14(3)4/h5-6,9H,7-8H2,1-4H3,(H,16,17). The number of sulfonamides is 1. The number of amides is 1. The molecule has 0 aromatic carbocycles. The van der Waals surface area contributed by atoms with E-state index in [2.05, 4.69) is 0 Å². The number of carboxylic acid groups (broad SMARTS) is 1. The number of carbonyl (C=O) groups is 2. The zero-order valence-electron chi connectivity index (χ0n) is 12.9. The smallest absolute Gasteiger partial charge is 0.323 e. The normalized spacial score (nSPS) is 11.9. The van der Waals surface area contributed by atoms with E-state index in [-0.39, 0.29) is 23.3 Å². The molecule has 1 heterocycles. The molecule has 9 heteroatoms. The lowest BCUT2D eigenvalue weighted by atomic mass is 10.2. The van der Waals surface area contributed by atoms with Crippen molar-refractivity contribution in [2.75, 3.05) is 27.2 Å². The lowest BCUT2D eigenvalue weighted by molar-refractivity contribution is -0.137. The van der Waals surface area contributed by atoms with Crippen LogP contribution >= 0.6 is 0 Å². The van der Waals surface area contributed by atoms with Crippen molar-refractivity contribution >= 4 is 21.9 Å². The molecule has 22 heavy (non-hydrogen) atoms. The van der Waals surface area contributed by atoms with Crippen LogP contribution in [0.5, 0.6) is 0 Å². The van der Waals surface area contributed by atoms with Crippen molar-refractivity contribution in [3.63, 3.8) is 0 Å². The van der Waals surface area contributed by atoms with Gasteiger partial charge in [0.25, 0.3) is 15.9 Å². The summed E-state index contributed by atoms with van der Waals surface area (Å²) in [4.78, 5) is 24.2. The summed E-state index contributed by atoms with van der Waals surface area (Å²) in [5, 5.41) is 8.51. The highest BCUT2D eigenvalue weighted by atomic mass is 32.2. The van der Waals surface area contributed by atoms with Crippen LogP contribution in [0.4, 0.5) is 0 Å². The summed E-state index contributed by atoms with van der Waals surface area (Å²) in [6.07, 6.45) is 0. The van der Waals surface area contributed by atoms with Crippen LogP contribution < -0.4 is 0 Å². The second kappa shape index (κ2) is 6.93. The van der Waals surface area contributed by atoms with Crippen LogP contribution in [0, 0.1) is 5.92 Å². The van der Waals surface area contributed by atoms with Gasteiger partial charge in [-0.25, -0.2) is 12.7 Å². The Bertz CT molecular complexity index is 647. The minimum atomic E-state index is -3.78. The Morgan fingerprint density at radius 1 is 1.27 bits per heavy atom. The molecule has 1 aromatic rings. The van der Waals surface area contributed by atoms with Crippen LogP contribution in [0.3, 0.4) is 0 Å². The van der Waals surface area contributed by atoms with Gasteiger partial charge in [-0.3, -0.25) is 9.59 Å². The molecular weight excluding hydrogens is 312 g/mol. The van der Waals surface area contributed by atoms with E-state index in [1.165, 1.54) is 26.2 Å². The molecule has 0 bridgehead atoms. The molecule has 0 aliphatic heterocycles. The van der Waals surface area contributed by atoms with Gasteiger partial charge >= 0.3 is 5.97 Å². The Kier molecular flexibility index (Phi) is 5.72. The third kappa shape index (κ3) is 4.31. The zero-order chi connectivity index (χ0) is 17.1. The summed E-state index contributed by atoms with van der Waals surface area (Å²) >= 11 is 0. The molecule has 0 unspecified atom stereocenters. The summed E-state index contributed by atoms with van der Waals surface area (Å²) in [6.45, 7) is 3.42. The van der Waals surface area contributed by atoms with Crippen LogP contribution in [0.25, 0.3) is 0 Å². The first-order valence-electron chi connectivity index (χ1n) is 6.59. The van der Waals surface area contributed by atoms with E-state index in [4.69, 9.17) is 9.52 Å². The topological polar surface area (TPSA) is 108 Å². The maximum absolute atomic E-state index is 12.3. The van der Waals surface area contributed by atoms with Crippen molar-refractivity contribution in [3.8, 4) is 0 Å². The number of carboxylic acids is 1. The van der Waals surface area contributed by atoms with Crippen molar-refractivity contribution in [3.05, 3.63) is 17.9 Å². The lowest BCUT2D eigenvalue weighted by Crippen LogP contribution is -2.38. The third-order valence-electron chi connectivity index (χ3n) is 2.73. The Hall–Kier alpha value is -1.87. The predicted molar refractivity (Wildman–Crippen MR) is 78.0 cm³/mol. The summed E-state index contributed by atoms with van der Waals surface area (Å²) in [7, 11) is -1.10. The second-order valence-corrected chi connectivity index (χ2v) is 7.46. The first-order chi connectivity index (χ1) is 10.1. The minimum Gasteiger partial charge on any atom is -0.480 e. The van der Waals surface area contributed by atoms with Gasteiger partial charge in [0.2, 0.25) is 5.09 Å². The molecule has 0 aliphatic rings. The molecule has 0 radical (unpaired) electrons. The first kappa shape index (κ1) is 18.2. The Morgan fingerprint density at radius 2 is 1.86 bits per heavy atom. The highest BCUT2D eigenvalue weighted by molar-refractivity contribution is 7.88. The van der Waals surface area contributed by atoms with Gasteiger partial charge in [0.05, 0.1) is 0 Å². The molecule has 0 spiro atoms. The summed E-state index contributed by atoms with van der Waals surface area (Å²) < 4.78 is 29.9. The highest BCUT2D eigenvalue weighted by Gasteiger charge is 2.26. The van der Waals surface area contributed by atoms with Gasteiger partial charge in [-0.2, -0.15) is 0 Å². The van der Waals surface area contributed by atoms with Crippen molar-refractivity contribution < 1.29 is 27.5 Å². The van der Waals surface area contributed by atoms with E-state index >= 15 is 0 Å². The van der Waals surface area contributed by atoms with Gasteiger partial charge in [0.15, 0.2) is 5.76 Å². The third-order valence-corrected chi connectivity index (χ3v) is 4.42. The number of carbonyl (C=O) groups excluding carboxylic acids is 1. The second-order valence-electron chi connectivity index (χ2n) is 5.38. The average Bonchev–Trinajstić information content (AvgIpc) is 2.85. The van der Waals surface area contributed by atoms with Gasteiger partial charge in [-0.05, 0) is 18.1 Å². The maximum Gasteiger partial charge on any atom is 0.323 e. The number of hydrogen-bond donors (Lipinski definition) is 1. The van der Waals surface area contributed by atoms with Gasteiger partial charge in [-0.15, -0.1) is 0 Å². The van der Waals surface area contributed by atoms with E-state index in [0.29, 0.717) is 0 Å². The molecule has 8 nitrogen and oxygen atoms in total. The quantitative estimate of drug-likeness (QED) is 0.788. The largest absolute Gasteiger partial charge is 0.480 e. The monoisotopic (exact) mass is 332 g/mol. The summed E-state index contributed by atoms with van der Waals surface area (Å²) in [5.74, 6) is -1.96. The van der Waals surface area contributed by atoms with E-state index in [9.17, 15) is 18.0 Å². The van der Waals surface area contributed by atoms with E-state index in [0.717, 1.165) is 9.21 Å². The van der Waals surface area contributed by atoms with Gasteiger partial charge in [0, 0.05) is 20.6 Å². The van der Waals surface area contributed by atoms with Crippen molar-refractivity contribution in [1.82, 2.24) is 9.21 Å². The molecule has 0 aliphatic carbocycles. The Labute approximate surface area is 129 Å². The Morgan fingerprint density at radius 3 is 2.32 bits per heavy atom. The molecule has 0 atom stereocenters. The zero-order valence-corrected chi connectivity index (χ0v) is 13.8. The number of nitrogens with zero attached hydrogens (tertiary/aromatic N) is 2. The molecule has 0 saturated carbocycles. The maximum atomic E-state index is 12.3. The van der Waals surface area contributed by atoms with Gasteiger partial charge in [0.1, 0.15) is 6.54 Å². The molecule has 1 rings (SSSR count). The average molecular weight is 332 g/mol. The molecular formula is C13H20N2O6S. The predicted octanol–water partition coefficient (Wildman–Crippen LogP) is 0.713. The van der Waals surface area contributed by atoms with Gasteiger partial charge < -0.3 is 14.4 Å². The molecule has 124 valence electrons. The van der Waals surface area contributed by atoms with Crippen molar-refractivity contribution in [2.24, 2.45) is 5.92 Å². The van der Waals surface area contributed by atoms with Gasteiger partial charge in [-0.1, -0.05) is 13.8 Å². The molecule has 1 amide bonds. The van der Waals surface area contributed by atoms with Crippen LogP contribution in [0.15, 0.2) is 21.6 Å². The number of furan rings is 1. The van der Waals surface area contributed by atoms with Crippen LogP contribution in [0.2, 0.25) is 0 Å². The molecule has 1 aromatic heterocycles. The SMILES string of the molecule is CC(C)CN(CC(=O)O)C(=O)c1ccc(S(=O)(=O)N(C)C)o1. The number of aliphatic carboxylic acids is 1. The molecule has 1 N–H and O–H groups in total. The van der Waals surface area contributed by atoms with Crippen LogP contribution in [-0.2, 0) is 14.8 Å². The number of rotatable bonds is 7. The summed E-state index contributed by atoms with van der Waals surface area (Å²) in [5.41, 5.74) is 0. The molecule has 0 fully saturated rings. The van der Waals surface area contributed by atoms with Crippen LogP contribution in [-0.4, -0.2) is 61.8 Å². The lowest BCUT2D eigenvalue weighted by Gasteiger charge is -2.21. The fourth-order valence-electron chi connectivity index (χ4n) is 1.73.